The molecule has 0 unspecified atom stereocenters. The molecule has 2 aromatic carbocycles. The quantitative estimate of drug-likeness (QED) is 0.834. The van der Waals surface area contributed by atoms with Gasteiger partial charge in [-0.2, -0.15) is 0 Å². The van der Waals surface area contributed by atoms with Crippen LogP contribution >= 0.6 is 0 Å². The summed E-state index contributed by atoms with van der Waals surface area (Å²) in [6.07, 6.45) is 3.72. The summed E-state index contributed by atoms with van der Waals surface area (Å²) in [4.78, 5) is 2.46. The van der Waals surface area contributed by atoms with Gasteiger partial charge in [-0.05, 0) is 42.9 Å². The van der Waals surface area contributed by atoms with Crippen LogP contribution in [0.2, 0.25) is 0 Å². The Hall–Kier alpha value is -1.96. The SMILES string of the molecule is COc1ccccc1N1CCC(Cc2ccccc2)CC1. The van der Waals surface area contributed by atoms with E-state index in [4.69, 9.17) is 4.74 Å². The Morgan fingerprint density at radius 2 is 1.62 bits per heavy atom. The van der Waals surface area contributed by atoms with Gasteiger partial charge < -0.3 is 9.64 Å². The average Bonchev–Trinajstić information content (AvgIpc) is 2.56. The summed E-state index contributed by atoms with van der Waals surface area (Å²) >= 11 is 0. The summed E-state index contributed by atoms with van der Waals surface area (Å²) in [5.74, 6) is 1.79. The zero-order chi connectivity index (χ0) is 14.5. The van der Waals surface area contributed by atoms with Crippen molar-refractivity contribution in [3.63, 3.8) is 0 Å². The Morgan fingerprint density at radius 3 is 2.33 bits per heavy atom. The molecule has 1 aliphatic heterocycles. The van der Waals surface area contributed by atoms with Crippen LogP contribution in [-0.2, 0) is 6.42 Å². The van der Waals surface area contributed by atoms with Gasteiger partial charge in [0.15, 0.2) is 0 Å². The van der Waals surface area contributed by atoms with Crippen molar-refractivity contribution in [2.24, 2.45) is 5.92 Å². The van der Waals surface area contributed by atoms with Crippen LogP contribution in [0, 0.1) is 5.92 Å². The molecule has 0 amide bonds. The molecule has 110 valence electrons. The highest BCUT2D eigenvalue weighted by atomic mass is 16.5. The van der Waals surface area contributed by atoms with Crippen LogP contribution in [-0.4, -0.2) is 20.2 Å². The molecule has 2 aromatic rings. The van der Waals surface area contributed by atoms with Crippen LogP contribution in [0.15, 0.2) is 54.6 Å². The molecule has 0 spiro atoms. The molecule has 0 aromatic heterocycles. The number of hydrogen-bond acceptors (Lipinski definition) is 2. The van der Waals surface area contributed by atoms with Gasteiger partial charge in [-0.15, -0.1) is 0 Å². The average molecular weight is 281 g/mol. The molecule has 0 radical (unpaired) electrons. The van der Waals surface area contributed by atoms with Gasteiger partial charge in [0.05, 0.1) is 12.8 Å². The van der Waals surface area contributed by atoms with Gasteiger partial charge in [0.1, 0.15) is 5.75 Å². The number of rotatable bonds is 4. The summed E-state index contributed by atoms with van der Waals surface area (Å²) < 4.78 is 5.48. The van der Waals surface area contributed by atoms with Gasteiger partial charge >= 0.3 is 0 Å². The minimum atomic E-state index is 0.804. The van der Waals surface area contributed by atoms with Crippen LogP contribution in [0.25, 0.3) is 0 Å². The second-order valence-corrected chi connectivity index (χ2v) is 5.79. The van der Waals surface area contributed by atoms with Crippen molar-refractivity contribution < 1.29 is 4.74 Å². The van der Waals surface area contributed by atoms with E-state index in [-0.39, 0.29) is 0 Å². The Morgan fingerprint density at radius 1 is 0.952 bits per heavy atom. The largest absolute Gasteiger partial charge is 0.495 e. The number of nitrogens with zero attached hydrogens (tertiary/aromatic N) is 1. The highest BCUT2D eigenvalue weighted by Gasteiger charge is 2.21. The molecule has 2 nitrogen and oxygen atoms in total. The standard InChI is InChI=1S/C19H23NO/c1-21-19-10-6-5-9-18(19)20-13-11-17(12-14-20)15-16-7-3-2-4-8-16/h2-10,17H,11-15H2,1H3. The molecular formula is C19H23NO. The molecule has 2 heteroatoms. The second-order valence-electron chi connectivity index (χ2n) is 5.79. The molecule has 21 heavy (non-hydrogen) atoms. The number of para-hydroxylation sites is 2. The van der Waals surface area contributed by atoms with Gasteiger partial charge in [-0.1, -0.05) is 42.5 Å². The Labute approximate surface area is 127 Å². The van der Waals surface area contributed by atoms with Crippen LogP contribution in [0.4, 0.5) is 5.69 Å². The zero-order valence-electron chi connectivity index (χ0n) is 12.7. The van der Waals surface area contributed by atoms with Crippen molar-refractivity contribution >= 4 is 5.69 Å². The van der Waals surface area contributed by atoms with Gasteiger partial charge in [0, 0.05) is 13.1 Å². The fraction of sp³-hybridized carbons (Fsp3) is 0.368. The van der Waals surface area contributed by atoms with Gasteiger partial charge in [-0.25, -0.2) is 0 Å². The number of methoxy groups -OCH3 is 1. The summed E-state index contributed by atoms with van der Waals surface area (Å²) in [7, 11) is 1.75. The lowest BCUT2D eigenvalue weighted by Crippen LogP contribution is -2.34. The van der Waals surface area contributed by atoms with E-state index < -0.39 is 0 Å². The topological polar surface area (TPSA) is 12.5 Å². The molecule has 1 saturated heterocycles. The minimum absolute atomic E-state index is 0.804. The van der Waals surface area contributed by atoms with Gasteiger partial charge in [0.25, 0.3) is 0 Å². The van der Waals surface area contributed by atoms with Crippen molar-refractivity contribution in [2.45, 2.75) is 19.3 Å². The molecule has 0 bridgehead atoms. The molecule has 0 atom stereocenters. The number of piperidine rings is 1. The molecule has 1 fully saturated rings. The number of hydrogen-bond donors (Lipinski definition) is 0. The summed E-state index contributed by atoms with van der Waals surface area (Å²) in [5.41, 5.74) is 2.70. The first-order valence-corrected chi connectivity index (χ1v) is 7.78. The highest BCUT2D eigenvalue weighted by Crippen LogP contribution is 2.31. The number of benzene rings is 2. The lowest BCUT2D eigenvalue weighted by molar-refractivity contribution is 0.390. The van der Waals surface area contributed by atoms with E-state index in [2.05, 4.69) is 47.4 Å². The maximum absolute atomic E-state index is 5.48. The van der Waals surface area contributed by atoms with Gasteiger partial charge in [-0.3, -0.25) is 0 Å². The highest BCUT2D eigenvalue weighted by molar-refractivity contribution is 5.58. The van der Waals surface area contributed by atoms with Crippen LogP contribution in [0.5, 0.6) is 5.75 Å². The van der Waals surface area contributed by atoms with Crippen molar-refractivity contribution in [1.29, 1.82) is 0 Å². The Balaban J connectivity index is 1.60. The van der Waals surface area contributed by atoms with E-state index in [0.717, 1.165) is 24.8 Å². The molecule has 0 N–H and O–H groups in total. The normalized spacial score (nSPS) is 16.0. The lowest BCUT2D eigenvalue weighted by atomic mass is 9.90. The van der Waals surface area contributed by atoms with Crippen molar-refractivity contribution in [1.82, 2.24) is 0 Å². The first-order valence-electron chi connectivity index (χ1n) is 7.78. The summed E-state index contributed by atoms with van der Waals surface area (Å²) in [5, 5.41) is 0. The maximum atomic E-state index is 5.48. The minimum Gasteiger partial charge on any atom is -0.495 e. The van der Waals surface area contributed by atoms with Crippen LogP contribution in [0.1, 0.15) is 18.4 Å². The summed E-state index contributed by atoms with van der Waals surface area (Å²) in [6.45, 7) is 2.25. The molecule has 1 heterocycles. The summed E-state index contributed by atoms with van der Waals surface area (Å²) in [6, 6.07) is 19.2. The lowest BCUT2D eigenvalue weighted by Gasteiger charge is -2.34. The van der Waals surface area contributed by atoms with Crippen LogP contribution in [0.3, 0.4) is 0 Å². The molecular weight excluding hydrogens is 258 g/mol. The fourth-order valence-electron chi connectivity index (χ4n) is 3.22. The monoisotopic (exact) mass is 281 g/mol. The smallest absolute Gasteiger partial charge is 0.142 e. The second kappa shape index (κ2) is 6.66. The van der Waals surface area contributed by atoms with Crippen LogP contribution < -0.4 is 9.64 Å². The molecule has 1 aliphatic rings. The van der Waals surface area contributed by atoms with Crippen molar-refractivity contribution in [2.75, 3.05) is 25.1 Å². The predicted octanol–water partition coefficient (Wildman–Crippen LogP) is 4.15. The predicted molar refractivity (Wildman–Crippen MR) is 88.1 cm³/mol. The molecule has 3 rings (SSSR count). The van der Waals surface area contributed by atoms with Crippen molar-refractivity contribution in [3.05, 3.63) is 60.2 Å². The van der Waals surface area contributed by atoms with E-state index in [1.165, 1.54) is 30.5 Å². The molecule has 0 saturated carbocycles. The third-order valence-electron chi connectivity index (χ3n) is 4.41. The van der Waals surface area contributed by atoms with E-state index in [9.17, 15) is 0 Å². The van der Waals surface area contributed by atoms with E-state index in [1.807, 2.05) is 12.1 Å². The zero-order valence-corrected chi connectivity index (χ0v) is 12.7. The Bertz CT molecular complexity index is 559. The number of anilines is 1. The molecule has 0 aliphatic carbocycles. The fourth-order valence-corrected chi connectivity index (χ4v) is 3.22. The van der Waals surface area contributed by atoms with E-state index >= 15 is 0 Å². The third kappa shape index (κ3) is 3.38. The first-order chi connectivity index (χ1) is 10.4. The Kier molecular flexibility index (Phi) is 4.44. The van der Waals surface area contributed by atoms with E-state index in [0.29, 0.717) is 0 Å². The van der Waals surface area contributed by atoms with Crippen molar-refractivity contribution in [3.8, 4) is 5.75 Å². The number of ether oxygens (including phenoxy) is 1. The van der Waals surface area contributed by atoms with Gasteiger partial charge in [0.2, 0.25) is 0 Å². The maximum Gasteiger partial charge on any atom is 0.142 e. The third-order valence-corrected chi connectivity index (χ3v) is 4.41. The van der Waals surface area contributed by atoms with E-state index in [1.54, 1.807) is 7.11 Å². The first kappa shape index (κ1) is 14.0.